The third kappa shape index (κ3) is 1.31. The van der Waals surface area contributed by atoms with Crippen LogP contribution in [0.2, 0.25) is 0 Å². The predicted octanol–water partition coefficient (Wildman–Crippen LogP) is 1.66. The monoisotopic (exact) mass is 197 g/mol. The molecule has 14 heavy (non-hydrogen) atoms. The van der Waals surface area contributed by atoms with Crippen molar-refractivity contribution < 1.29 is 13.6 Å². The molecule has 0 spiro atoms. The van der Waals surface area contributed by atoms with Gasteiger partial charge in [0.05, 0.1) is 6.20 Å². The second-order valence-corrected chi connectivity index (χ2v) is 3.57. The number of Topliss-reactive ketones (excluding diaryl/α,β-unsaturated/α-hetero) is 1. The lowest BCUT2D eigenvalue weighted by atomic mass is 10.0. The normalized spacial score (nSPS) is 19.5. The van der Waals surface area contributed by atoms with Crippen molar-refractivity contribution in [2.24, 2.45) is 5.92 Å². The van der Waals surface area contributed by atoms with Gasteiger partial charge in [0.1, 0.15) is 11.6 Å². The van der Waals surface area contributed by atoms with Crippen LogP contribution in [0.3, 0.4) is 0 Å². The maximum Gasteiger partial charge on any atom is 0.216 e. The van der Waals surface area contributed by atoms with Gasteiger partial charge in [0.15, 0.2) is 0 Å². The molecule has 1 unspecified atom stereocenters. The lowest BCUT2D eigenvalue weighted by Crippen LogP contribution is -2.10. The number of hydrogen-bond acceptors (Lipinski definition) is 2. The zero-order chi connectivity index (χ0) is 10.3. The van der Waals surface area contributed by atoms with Crippen molar-refractivity contribution in [3.05, 3.63) is 29.1 Å². The van der Waals surface area contributed by atoms with Crippen LogP contribution in [-0.2, 0) is 17.6 Å². The predicted molar refractivity (Wildman–Crippen MR) is 45.7 cm³/mol. The molecule has 1 aliphatic rings. The molecule has 0 saturated carbocycles. The Morgan fingerprint density at radius 3 is 2.64 bits per heavy atom. The average Bonchev–Trinajstić information content (AvgIpc) is 2.57. The molecule has 1 atom stereocenters. The van der Waals surface area contributed by atoms with Crippen LogP contribution in [0.5, 0.6) is 0 Å². The third-order valence-electron chi connectivity index (χ3n) is 2.67. The van der Waals surface area contributed by atoms with Crippen LogP contribution < -0.4 is 0 Å². The second kappa shape index (κ2) is 3.12. The minimum Gasteiger partial charge on any atom is -0.300 e. The Labute approximate surface area is 80.0 Å². The van der Waals surface area contributed by atoms with Crippen LogP contribution in [0, 0.1) is 17.7 Å². The van der Waals surface area contributed by atoms with Gasteiger partial charge >= 0.3 is 0 Å². The van der Waals surface area contributed by atoms with E-state index < -0.39 is 11.8 Å². The van der Waals surface area contributed by atoms with Gasteiger partial charge in [-0.1, -0.05) is 0 Å². The van der Waals surface area contributed by atoms with Gasteiger partial charge in [-0.3, -0.25) is 4.79 Å². The quantitative estimate of drug-likeness (QED) is 0.641. The first-order valence-electron chi connectivity index (χ1n) is 4.41. The topological polar surface area (TPSA) is 30.0 Å². The van der Waals surface area contributed by atoms with Crippen LogP contribution in [0.25, 0.3) is 0 Å². The van der Waals surface area contributed by atoms with Crippen LogP contribution in [0.15, 0.2) is 6.20 Å². The van der Waals surface area contributed by atoms with Crippen LogP contribution in [-0.4, -0.2) is 10.8 Å². The molecule has 1 heterocycles. The van der Waals surface area contributed by atoms with Gasteiger partial charge in [-0.25, -0.2) is 9.37 Å². The Morgan fingerprint density at radius 2 is 2.07 bits per heavy atom. The molecule has 4 heteroatoms. The van der Waals surface area contributed by atoms with Gasteiger partial charge in [0.2, 0.25) is 5.95 Å². The molecule has 0 aliphatic heterocycles. The fraction of sp³-hybridized carbons (Fsp3) is 0.400. The van der Waals surface area contributed by atoms with Crippen molar-refractivity contribution in [3.8, 4) is 0 Å². The Bertz CT molecular complexity index is 372. The molecular formula is C10H9F2NO. The summed E-state index contributed by atoms with van der Waals surface area (Å²) in [5, 5.41) is 0. The summed E-state index contributed by atoms with van der Waals surface area (Å²) in [6, 6.07) is 0. The van der Waals surface area contributed by atoms with Crippen molar-refractivity contribution in [1.82, 2.24) is 4.98 Å². The molecule has 0 bridgehead atoms. The fourth-order valence-corrected chi connectivity index (χ4v) is 1.82. The molecule has 0 amide bonds. The Kier molecular flexibility index (Phi) is 2.06. The van der Waals surface area contributed by atoms with Gasteiger partial charge in [-0.05, 0) is 25.3 Å². The summed E-state index contributed by atoms with van der Waals surface area (Å²) in [6.07, 6.45) is 1.45. The summed E-state index contributed by atoms with van der Waals surface area (Å²) < 4.78 is 26.3. The first kappa shape index (κ1) is 9.24. The fourth-order valence-electron chi connectivity index (χ4n) is 1.82. The van der Waals surface area contributed by atoms with Crippen molar-refractivity contribution in [2.75, 3.05) is 0 Å². The molecule has 2 nitrogen and oxygen atoms in total. The molecule has 0 saturated heterocycles. The zero-order valence-electron chi connectivity index (χ0n) is 7.68. The summed E-state index contributed by atoms with van der Waals surface area (Å²) in [4.78, 5) is 14.4. The second-order valence-electron chi connectivity index (χ2n) is 3.57. The summed E-state index contributed by atoms with van der Waals surface area (Å²) >= 11 is 0. The molecule has 1 aromatic rings. The van der Waals surface area contributed by atoms with Crippen molar-refractivity contribution in [3.63, 3.8) is 0 Å². The maximum atomic E-state index is 13.2. The molecule has 0 radical (unpaired) electrons. The van der Waals surface area contributed by atoms with Crippen molar-refractivity contribution in [2.45, 2.75) is 19.8 Å². The van der Waals surface area contributed by atoms with E-state index in [1.165, 1.54) is 6.92 Å². The van der Waals surface area contributed by atoms with E-state index in [2.05, 4.69) is 4.98 Å². The average molecular weight is 197 g/mol. The Balaban J connectivity index is 2.43. The van der Waals surface area contributed by atoms with E-state index in [1.807, 2.05) is 0 Å². The molecule has 0 aromatic carbocycles. The summed E-state index contributed by atoms with van der Waals surface area (Å²) in [5.74, 6) is -1.46. The first-order chi connectivity index (χ1) is 6.59. The van der Waals surface area contributed by atoms with Crippen molar-refractivity contribution >= 4 is 5.78 Å². The molecule has 1 aromatic heterocycles. The van der Waals surface area contributed by atoms with Crippen molar-refractivity contribution in [1.29, 1.82) is 0 Å². The lowest BCUT2D eigenvalue weighted by Gasteiger charge is -2.00. The lowest BCUT2D eigenvalue weighted by molar-refractivity contribution is -0.120. The minimum atomic E-state index is -0.648. The highest BCUT2D eigenvalue weighted by Crippen LogP contribution is 2.30. The number of halogens is 2. The first-order valence-corrected chi connectivity index (χ1v) is 4.41. The number of aromatic nitrogens is 1. The molecule has 0 fully saturated rings. The van der Waals surface area contributed by atoms with Gasteiger partial charge in [-0.15, -0.1) is 0 Å². The highest BCUT2D eigenvalue weighted by molar-refractivity contribution is 5.79. The van der Waals surface area contributed by atoms with Crippen LogP contribution in [0.1, 0.15) is 18.1 Å². The van der Waals surface area contributed by atoms with E-state index in [-0.39, 0.29) is 23.7 Å². The third-order valence-corrected chi connectivity index (χ3v) is 2.67. The summed E-state index contributed by atoms with van der Waals surface area (Å²) in [6.45, 7) is 1.44. The van der Waals surface area contributed by atoms with Gasteiger partial charge in [0.25, 0.3) is 0 Å². The highest BCUT2D eigenvalue weighted by atomic mass is 19.1. The van der Waals surface area contributed by atoms with Gasteiger partial charge in [-0.2, -0.15) is 4.39 Å². The number of pyridine rings is 1. The SMILES string of the molecule is CC(=O)C1Cc2c(F)cnc(F)c2C1. The number of rotatable bonds is 1. The number of fused-ring (bicyclic) bond motifs is 1. The molecule has 74 valence electrons. The number of ketones is 1. The highest BCUT2D eigenvalue weighted by Gasteiger charge is 2.30. The zero-order valence-corrected chi connectivity index (χ0v) is 7.68. The number of nitrogens with zero attached hydrogens (tertiary/aromatic N) is 1. The Morgan fingerprint density at radius 1 is 1.43 bits per heavy atom. The summed E-state index contributed by atoms with van der Waals surface area (Å²) in [7, 11) is 0. The maximum absolute atomic E-state index is 13.2. The van der Waals surface area contributed by atoms with E-state index in [0.29, 0.717) is 12.0 Å². The van der Waals surface area contributed by atoms with E-state index in [9.17, 15) is 13.6 Å². The van der Waals surface area contributed by atoms with E-state index in [4.69, 9.17) is 0 Å². The van der Waals surface area contributed by atoms with Crippen LogP contribution >= 0.6 is 0 Å². The smallest absolute Gasteiger partial charge is 0.216 e. The molecular weight excluding hydrogens is 188 g/mol. The van der Waals surface area contributed by atoms with Gasteiger partial charge < -0.3 is 0 Å². The van der Waals surface area contributed by atoms with Gasteiger partial charge in [0, 0.05) is 11.5 Å². The molecule has 1 aliphatic carbocycles. The number of carbonyl (C=O) groups excluding carboxylic acids is 1. The molecule has 0 N–H and O–H groups in total. The van der Waals surface area contributed by atoms with E-state index >= 15 is 0 Å². The van der Waals surface area contributed by atoms with Crippen LogP contribution in [0.4, 0.5) is 8.78 Å². The summed E-state index contributed by atoms with van der Waals surface area (Å²) in [5.41, 5.74) is 0.586. The van der Waals surface area contributed by atoms with E-state index in [0.717, 1.165) is 6.20 Å². The minimum absolute atomic E-state index is 0.0278. The molecule has 2 rings (SSSR count). The Hall–Kier alpha value is -1.32. The standard InChI is InChI=1S/C10H9F2NO/c1-5(14)6-2-7-8(3-6)10(12)13-4-9(7)11/h4,6H,2-3H2,1H3. The number of carbonyl (C=O) groups is 1. The van der Waals surface area contributed by atoms with E-state index in [1.54, 1.807) is 0 Å². The number of hydrogen-bond donors (Lipinski definition) is 0. The largest absolute Gasteiger partial charge is 0.300 e.